The van der Waals surface area contributed by atoms with Gasteiger partial charge in [-0.1, -0.05) is 31.7 Å². The monoisotopic (exact) mass is 454 g/mol. The average molecular weight is 455 g/mol. The van der Waals surface area contributed by atoms with Crippen LogP contribution in [0.5, 0.6) is 0 Å². The first-order valence-electron chi connectivity index (χ1n) is 11.0. The zero-order valence-electron chi connectivity index (χ0n) is 18.7. The maximum absolute atomic E-state index is 12.5. The lowest BCUT2D eigenvalue weighted by atomic mass is 9.88. The molecule has 1 amide bonds. The number of amides is 1. The molecular formula is C24H30N4OS2. The van der Waals surface area contributed by atoms with E-state index < -0.39 is 0 Å². The normalized spacial score (nSPS) is 15.7. The van der Waals surface area contributed by atoms with Gasteiger partial charge in [0.25, 0.3) is 0 Å². The van der Waals surface area contributed by atoms with Gasteiger partial charge >= 0.3 is 0 Å². The van der Waals surface area contributed by atoms with E-state index in [0.717, 1.165) is 42.0 Å². The molecule has 7 heteroatoms. The SMILES string of the molecule is CCCn1c(SCC(=O)Nc2ccc(C)c(C)c2)nnc1-c1csc2c1CCC(C)C2. The van der Waals surface area contributed by atoms with Crippen molar-refractivity contribution in [3.8, 4) is 11.4 Å². The van der Waals surface area contributed by atoms with Crippen LogP contribution in [0.25, 0.3) is 11.4 Å². The fraction of sp³-hybridized carbons (Fsp3) is 0.458. The second kappa shape index (κ2) is 9.57. The van der Waals surface area contributed by atoms with Crippen LogP contribution in [0, 0.1) is 19.8 Å². The average Bonchev–Trinajstić information content (AvgIpc) is 3.33. The summed E-state index contributed by atoms with van der Waals surface area (Å²) in [6.45, 7) is 9.47. The first-order chi connectivity index (χ1) is 15.0. The third-order valence-electron chi connectivity index (χ3n) is 5.93. The Balaban J connectivity index is 1.49. The molecule has 31 heavy (non-hydrogen) atoms. The summed E-state index contributed by atoms with van der Waals surface area (Å²) in [5.41, 5.74) is 5.92. The number of carbonyl (C=O) groups is 1. The van der Waals surface area contributed by atoms with E-state index in [2.05, 4.69) is 53.2 Å². The van der Waals surface area contributed by atoms with Gasteiger partial charge < -0.3 is 9.88 Å². The molecule has 0 saturated carbocycles. The summed E-state index contributed by atoms with van der Waals surface area (Å²) < 4.78 is 2.19. The third-order valence-corrected chi connectivity index (χ3v) is 7.95. The van der Waals surface area contributed by atoms with Gasteiger partial charge in [-0.05, 0) is 74.3 Å². The number of thioether (sulfide) groups is 1. The van der Waals surface area contributed by atoms with E-state index in [9.17, 15) is 4.79 Å². The number of hydrogen-bond donors (Lipinski definition) is 1. The Labute approximate surface area is 192 Å². The molecule has 1 unspecified atom stereocenters. The van der Waals surface area contributed by atoms with Crippen molar-refractivity contribution < 1.29 is 4.79 Å². The van der Waals surface area contributed by atoms with Crippen LogP contribution in [0.1, 0.15) is 48.3 Å². The lowest BCUT2D eigenvalue weighted by Crippen LogP contribution is -2.15. The number of nitrogens with zero attached hydrogens (tertiary/aromatic N) is 3. The summed E-state index contributed by atoms with van der Waals surface area (Å²) in [5.74, 6) is 2.00. The van der Waals surface area contributed by atoms with E-state index >= 15 is 0 Å². The highest BCUT2D eigenvalue weighted by Crippen LogP contribution is 2.38. The first kappa shape index (κ1) is 22.1. The molecular weight excluding hydrogens is 424 g/mol. The Morgan fingerprint density at radius 1 is 1.29 bits per heavy atom. The zero-order chi connectivity index (χ0) is 22.0. The lowest BCUT2D eigenvalue weighted by Gasteiger charge is -2.19. The van der Waals surface area contributed by atoms with Crippen LogP contribution >= 0.6 is 23.1 Å². The standard InChI is InChI=1S/C24H30N4OS2/c1-5-10-28-23(20-13-30-21-11-15(2)6-9-19(20)21)26-27-24(28)31-14-22(29)25-18-8-7-16(3)17(4)12-18/h7-8,12-13,15H,5-6,9-11,14H2,1-4H3,(H,25,29). The van der Waals surface area contributed by atoms with Crippen molar-refractivity contribution in [3.63, 3.8) is 0 Å². The van der Waals surface area contributed by atoms with Crippen LogP contribution in [-0.4, -0.2) is 26.4 Å². The Kier molecular flexibility index (Phi) is 6.82. The molecule has 0 aliphatic heterocycles. The van der Waals surface area contributed by atoms with E-state index in [1.54, 1.807) is 0 Å². The van der Waals surface area contributed by atoms with Gasteiger partial charge in [0.05, 0.1) is 5.75 Å². The Bertz CT molecular complexity index is 1090. The fourth-order valence-corrected chi connectivity index (χ4v) is 6.04. The van der Waals surface area contributed by atoms with Crippen molar-refractivity contribution in [1.29, 1.82) is 0 Å². The summed E-state index contributed by atoms with van der Waals surface area (Å²) in [5, 5.41) is 15.1. The molecule has 2 aromatic heterocycles. The molecule has 0 fully saturated rings. The van der Waals surface area contributed by atoms with Gasteiger partial charge in [-0.25, -0.2) is 0 Å². The highest BCUT2D eigenvalue weighted by Gasteiger charge is 2.24. The van der Waals surface area contributed by atoms with Gasteiger partial charge in [0.1, 0.15) is 0 Å². The molecule has 2 heterocycles. The van der Waals surface area contributed by atoms with Crippen molar-refractivity contribution in [2.75, 3.05) is 11.1 Å². The molecule has 1 atom stereocenters. The summed E-state index contributed by atoms with van der Waals surface area (Å²) in [6, 6.07) is 5.99. The third kappa shape index (κ3) is 4.88. The number of hydrogen-bond acceptors (Lipinski definition) is 5. The number of fused-ring (bicyclic) bond motifs is 1. The number of benzene rings is 1. The molecule has 5 nitrogen and oxygen atoms in total. The minimum absolute atomic E-state index is 0.0252. The second-order valence-corrected chi connectivity index (χ2v) is 10.4. The van der Waals surface area contributed by atoms with Crippen molar-refractivity contribution >= 4 is 34.7 Å². The van der Waals surface area contributed by atoms with E-state index in [0.29, 0.717) is 5.75 Å². The van der Waals surface area contributed by atoms with E-state index in [1.807, 2.05) is 29.5 Å². The van der Waals surface area contributed by atoms with Crippen molar-refractivity contribution in [1.82, 2.24) is 14.8 Å². The molecule has 0 bridgehead atoms. The smallest absolute Gasteiger partial charge is 0.234 e. The van der Waals surface area contributed by atoms with Gasteiger partial charge in [0.15, 0.2) is 11.0 Å². The molecule has 1 aromatic carbocycles. The molecule has 1 N–H and O–H groups in total. The molecule has 1 aliphatic rings. The molecule has 3 aromatic rings. The maximum atomic E-state index is 12.5. The molecule has 0 radical (unpaired) electrons. The highest BCUT2D eigenvalue weighted by atomic mass is 32.2. The predicted octanol–water partition coefficient (Wildman–Crippen LogP) is 5.89. The van der Waals surface area contributed by atoms with Crippen molar-refractivity contribution in [2.45, 2.75) is 65.1 Å². The van der Waals surface area contributed by atoms with Crippen LogP contribution in [0.4, 0.5) is 5.69 Å². The van der Waals surface area contributed by atoms with Crippen LogP contribution in [0.2, 0.25) is 0 Å². The number of rotatable bonds is 7. The maximum Gasteiger partial charge on any atom is 0.234 e. The number of anilines is 1. The van der Waals surface area contributed by atoms with E-state index in [1.165, 1.54) is 51.7 Å². The van der Waals surface area contributed by atoms with Crippen molar-refractivity contribution in [3.05, 3.63) is 45.1 Å². The van der Waals surface area contributed by atoms with Gasteiger partial charge in [-0.2, -0.15) is 0 Å². The molecule has 0 spiro atoms. The number of nitrogens with one attached hydrogen (secondary N) is 1. The second-order valence-electron chi connectivity index (χ2n) is 8.49. The molecule has 4 rings (SSSR count). The lowest BCUT2D eigenvalue weighted by molar-refractivity contribution is -0.113. The zero-order valence-corrected chi connectivity index (χ0v) is 20.3. The van der Waals surface area contributed by atoms with Crippen molar-refractivity contribution in [2.24, 2.45) is 5.92 Å². The first-order valence-corrected chi connectivity index (χ1v) is 12.9. The Morgan fingerprint density at radius 2 is 2.13 bits per heavy atom. The van der Waals surface area contributed by atoms with Crippen LogP contribution in [0.15, 0.2) is 28.7 Å². The van der Waals surface area contributed by atoms with E-state index in [-0.39, 0.29) is 5.91 Å². The van der Waals surface area contributed by atoms with Gasteiger partial charge in [0.2, 0.25) is 5.91 Å². The van der Waals surface area contributed by atoms with Crippen LogP contribution in [-0.2, 0) is 24.2 Å². The minimum Gasteiger partial charge on any atom is -0.325 e. The van der Waals surface area contributed by atoms with Crippen LogP contribution in [0.3, 0.4) is 0 Å². The van der Waals surface area contributed by atoms with Gasteiger partial charge in [-0.3, -0.25) is 4.79 Å². The summed E-state index contributed by atoms with van der Waals surface area (Å²) in [6.07, 6.45) is 4.52. The highest BCUT2D eigenvalue weighted by molar-refractivity contribution is 7.99. The summed E-state index contributed by atoms with van der Waals surface area (Å²) in [4.78, 5) is 14.0. The van der Waals surface area contributed by atoms with Gasteiger partial charge in [-0.15, -0.1) is 21.5 Å². The Hall–Kier alpha value is -2.12. The largest absolute Gasteiger partial charge is 0.325 e. The van der Waals surface area contributed by atoms with E-state index in [4.69, 9.17) is 0 Å². The van der Waals surface area contributed by atoms with Crippen LogP contribution < -0.4 is 5.32 Å². The number of carbonyl (C=O) groups excluding carboxylic acids is 1. The number of aryl methyl sites for hydroxylation is 2. The number of thiophene rings is 1. The fourth-order valence-electron chi connectivity index (χ4n) is 4.03. The van der Waals surface area contributed by atoms with Gasteiger partial charge in [0, 0.05) is 28.1 Å². The quantitative estimate of drug-likeness (QED) is 0.452. The summed E-state index contributed by atoms with van der Waals surface area (Å²) >= 11 is 3.31. The molecule has 164 valence electrons. The minimum atomic E-state index is -0.0252. The predicted molar refractivity (Wildman–Crippen MR) is 130 cm³/mol. The molecule has 0 saturated heterocycles. The number of aromatic nitrogens is 3. The summed E-state index contributed by atoms with van der Waals surface area (Å²) in [7, 11) is 0. The topological polar surface area (TPSA) is 59.8 Å². The Morgan fingerprint density at radius 3 is 2.90 bits per heavy atom. The molecule has 1 aliphatic carbocycles.